The van der Waals surface area contributed by atoms with Gasteiger partial charge in [0.2, 0.25) is 0 Å². The topological polar surface area (TPSA) is 89.8 Å². The number of thioether (sulfide) groups is 1. The van der Waals surface area contributed by atoms with E-state index in [0.717, 1.165) is 16.7 Å². The van der Waals surface area contributed by atoms with Gasteiger partial charge in [0.25, 0.3) is 5.56 Å². The van der Waals surface area contributed by atoms with Crippen molar-refractivity contribution in [1.29, 1.82) is 5.26 Å². The van der Waals surface area contributed by atoms with E-state index in [1.807, 2.05) is 60.9 Å². The Morgan fingerprint density at radius 1 is 1.20 bits per heavy atom. The van der Waals surface area contributed by atoms with Crippen molar-refractivity contribution >= 4 is 11.8 Å². The Kier molecular flexibility index (Phi) is 4.98. The van der Waals surface area contributed by atoms with Crippen LogP contribution in [-0.4, -0.2) is 21.3 Å². The number of nitrogens with zero attached hydrogens (tertiary/aromatic N) is 2. The molecular formula is C19H15N3O2S. The summed E-state index contributed by atoms with van der Waals surface area (Å²) in [5.74, 6) is 0. The lowest BCUT2D eigenvalue weighted by Gasteiger charge is -2.12. The van der Waals surface area contributed by atoms with Crippen LogP contribution in [0.3, 0.4) is 0 Å². The van der Waals surface area contributed by atoms with Crippen LogP contribution >= 0.6 is 11.8 Å². The molecule has 0 atom stereocenters. The molecule has 0 fully saturated rings. The SMILES string of the molecule is CSc1nc(-c2ccccc2-c2cccc(CO)c2)c(C#N)c(=O)[nH]1. The Bertz CT molecular complexity index is 1020. The van der Waals surface area contributed by atoms with Crippen LogP contribution in [0.25, 0.3) is 22.4 Å². The molecule has 3 aromatic rings. The van der Waals surface area contributed by atoms with E-state index in [4.69, 9.17) is 0 Å². The predicted molar refractivity (Wildman–Crippen MR) is 98.1 cm³/mol. The van der Waals surface area contributed by atoms with Crippen LogP contribution in [0.2, 0.25) is 0 Å². The van der Waals surface area contributed by atoms with Gasteiger partial charge >= 0.3 is 0 Å². The first-order valence-electron chi connectivity index (χ1n) is 7.56. The van der Waals surface area contributed by atoms with Crippen LogP contribution < -0.4 is 5.56 Å². The lowest BCUT2D eigenvalue weighted by Crippen LogP contribution is -2.14. The number of hydrogen-bond donors (Lipinski definition) is 2. The molecule has 0 spiro atoms. The summed E-state index contributed by atoms with van der Waals surface area (Å²) in [5, 5.41) is 19.3. The van der Waals surface area contributed by atoms with Gasteiger partial charge in [0.15, 0.2) is 5.16 Å². The van der Waals surface area contributed by atoms with E-state index in [0.29, 0.717) is 16.4 Å². The number of aromatic nitrogens is 2. The smallest absolute Gasteiger partial charge is 0.270 e. The molecule has 1 aromatic heterocycles. The normalized spacial score (nSPS) is 10.4. The number of H-pyrrole nitrogens is 1. The van der Waals surface area contributed by atoms with Gasteiger partial charge in [0.05, 0.1) is 12.3 Å². The van der Waals surface area contributed by atoms with E-state index in [1.54, 1.807) is 0 Å². The van der Waals surface area contributed by atoms with E-state index in [2.05, 4.69) is 9.97 Å². The third-order valence-corrected chi connectivity index (χ3v) is 4.39. The summed E-state index contributed by atoms with van der Waals surface area (Å²) >= 11 is 1.31. The summed E-state index contributed by atoms with van der Waals surface area (Å²) in [7, 11) is 0. The Balaban J connectivity index is 2.29. The summed E-state index contributed by atoms with van der Waals surface area (Å²) in [4.78, 5) is 19.3. The van der Waals surface area contributed by atoms with Crippen LogP contribution in [0.5, 0.6) is 0 Å². The second-order valence-corrected chi connectivity index (χ2v) is 6.11. The number of aliphatic hydroxyl groups is 1. The minimum atomic E-state index is -0.448. The quantitative estimate of drug-likeness (QED) is 0.558. The van der Waals surface area contributed by atoms with Gasteiger partial charge in [-0.25, -0.2) is 4.98 Å². The molecule has 0 amide bonds. The minimum Gasteiger partial charge on any atom is -0.392 e. The molecular weight excluding hydrogens is 334 g/mol. The van der Waals surface area contributed by atoms with Crippen molar-refractivity contribution in [3.05, 3.63) is 70.0 Å². The highest BCUT2D eigenvalue weighted by atomic mass is 32.2. The summed E-state index contributed by atoms with van der Waals surface area (Å²) in [6.45, 7) is -0.0562. The predicted octanol–water partition coefficient (Wildman–Crippen LogP) is 3.19. The molecule has 0 bridgehead atoms. The molecule has 0 radical (unpaired) electrons. The van der Waals surface area contributed by atoms with Crippen molar-refractivity contribution in [1.82, 2.24) is 9.97 Å². The molecule has 1 heterocycles. The van der Waals surface area contributed by atoms with Crippen molar-refractivity contribution in [2.24, 2.45) is 0 Å². The molecule has 0 saturated carbocycles. The largest absolute Gasteiger partial charge is 0.392 e. The molecule has 0 saturated heterocycles. The first kappa shape index (κ1) is 17.0. The van der Waals surface area contributed by atoms with E-state index in [1.165, 1.54) is 11.8 Å². The van der Waals surface area contributed by atoms with Gasteiger partial charge in [0, 0.05) is 5.56 Å². The first-order valence-corrected chi connectivity index (χ1v) is 8.78. The Labute approximate surface area is 149 Å². The molecule has 2 N–H and O–H groups in total. The lowest BCUT2D eigenvalue weighted by atomic mass is 9.95. The average Bonchev–Trinajstić information content (AvgIpc) is 2.67. The summed E-state index contributed by atoms with van der Waals surface area (Å²) in [5.41, 5.74) is 3.13. The molecule has 5 nitrogen and oxygen atoms in total. The number of aliphatic hydroxyl groups excluding tert-OH is 1. The minimum absolute atomic E-state index is 0.0106. The zero-order valence-electron chi connectivity index (χ0n) is 13.5. The third-order valence-electron chi connectivity index (χ3n) is 3.81. The van der Waals surface area contributed by atoms with Gasteiger partial charge in [-0.2, -0.15) is 5.26 Å². The van der Waals surface area contributed by atoms with Crippen LogP contribution in [0.4, 0.5) is 0 Å². The molecule has 0 unspecified atom stereocenters. The zero-order chi connectivity index (χ0) is 17.8. The van der Waals surface area contributed by atoms with Crippen molar-refractivity contribution in [2.45, 2.75) is 11.8 Å². The standard InChI is InChI=1S/C19H15N3O2S/c1-25-19-21-17(16(10-20)18(24)22-19)15-8-3-2-7-14(15)13-6-4-5-12(9-13)11-23/h2-9,23H,11H2,1H3,(H,21,22,24). The number of aromatic amines is 1. The van der Waals surface area contributed by atoms with Crippen molar-refractivity contribution in [3.63, 3.8) is 0 Å². The second kappa shape index (κ2) is 7.34. The van der Waals surface area contributed by atoms with Crippen molar-refractivity contribution in [2.75, 3.05) is 6.26 Å². The molecule has 0 aliphatic rings. The van der Waals surface area contributed by atoms with E-state index in [9.17, 15) is 15.2 Å². The van der Waals surface area contributed by atoms with Gasteiger partial charge < -0.3 is 10.1 Å². The van der Waals surface area contributed by atoms with Gasteiger partial charge in [0.1, 0.15) is 11.6 Å². The Morgan fingerprint density at radius 3 is 2.64 bits per heavy atom. The number of rotatable bonds is 4. The fraction of sp³-hybridized carbons (Fsp3) is 0.105. The Morgan fingerprint density at radius 2 is 1.96 bits per heavy atom. The highest BCUT2D eigenvalue weighted by Gasteiger charge is 2.16. The fourth-order valence-corrected chi connectivity index (χ4v) is 3.00. The number of nitriles is 1. The molecule has 124 valence electrons. The molecule has 25 heavy (non-hydrogen) atoms. The van der Waals surface area contributed by atoms with E-state index < -0.39 is 5.56 Å². The zero-order valence-corrected chi connectivity index (χ0v) is 14.3. The highest BCUT2D eigenvalue weighted by Crippen LogP contribution is 2.32. The van der Waals surface area contributed by atoms with E-state index >= 15 is 0 Å². The molecule has 6 heteroatoms. The van der Waals surface area contributed by atoms with Crippen LogP contribution in [-0.2, 0) is 6.61 Å². The average molecular weight is 349 g/mol. The van der Waals surface area contributed by atoms with Crippen molar-refractivity contribution in [3.8, 4) is 28.5 Å². The van der Waals surface area contributed by atoms with Crippen molar-refractivity contribution < 1.29 is 5.11 Å². The van der Waals surface area contributed by atoms with Gasteiger partial charge in [-0.1, -0.05) is 54.2 Å². The summed E-state index contributed by atoms with van der Waals surface area (Å²) in [6, 6.07) is 17.0. The van der Waals surface area contributed by atoms with Gasteiger partial charge in [-0.05, 0) is 29.0 Å². The van der Waals surface area contributed by atoms with Crippen LogP contribution in [0.1, 0.15) is 11.1 Å². The van der Waals surface area contributed by atoms with Gasteiger partial charge in [-0.3, -0.25) is 4.79 Å². The maximum absolute atomic E-state index is 12.2. The Hall–Kier alpha value is -2.88. The van der Waals surface area contributed by atoms with E-state index in [-0.39, 0.29) is 12.2 Å². The third kappa shape index (κ3) is 3.33. The van der Waals surface area contributed by atoms with Crippen LogP contribution in [0, 0.1) is 11.3 Å². The summed E-state index contributed by atoms with van der Waals surface area (Å²) in [6.07, 6.45) is 1.81. The maximum atomic E-state index is 12.2. The fourth-order valence-electron chi connectivity index (χ4n) is 2.63. The number of benzene rings is 2. The molecule has 2 aromatic carbocycles. The first-order chi connectivity index (χ1) is 12.2. The number of hydrogen-bond acceptors (Lipinski definition) is 5. The molecule has 0 aliphatic heterocycles. The second-order valence-electron chi connectivity index (χ2n) is 5.31. The lowest BCUT2D eigenvalue weighted by molar-refractivity contribution is 0.282. The molecule has 3 rings (SSSR count). The molecule has 0 aliphatic carbocycles. The monoisotopic (exact) mass is 349 g/mol. The van der Waals surface area contributed by atoms with Gasteiger partial charge in [-0.15, -0.1) is 0 Å². The maximum Gasteiger partial charge on any atom is 0.270 e. The summed E-state index contributed by atoms with van der Waals surface area (Å²) < 4.78 is 0. The highest BCUT2D eigenvalue weighted by molar-refractivity contribution is 7.98. The van der Waals surface area contributed by atoms with Crippen LogP contribution in [0.15, 0.2) is 58.5 Å². The number of nitrogens with one attached hydrogen (secondary N) is 1.